The van der Waals surface area contributed by atoms with Gasteiger partial charge in [-0.05, 0) is 53.6 Å². The molecule has 1 amide bonds. The van der Waals surface area contributed by atoms with Gasteiger partial charge in [-0.15, -0.1) is 0 Å². The number of benzene rings is 3. The minimum absolute atomic E-state index is 0.0115. The van der Waals surface area contributed by atoms with Gasteiger partial charge in [0.05, 0.1) is 6.04 Å². The first-order valence-corrected chi connectivity index (χ1v) is 10.9. The van der Waals surface area contributed by atoms with E-state index < -0.39 is 0 Å². The molecule has 0 spiro atoms. The molecule has 0 radical (unpaired) electrons. The fourth-order valence-corrected chi connectivity index (χ4v) is 4.23. The number of anilines is 1. The highest BCUT2D eigenvalue weighted by Crippen LogP contribution is 2.29. The number of rotatable bonds is 7. The van der Waals surface area contributed by atoms with Crippen LogP contribution in [0.5, 0.6) is 0 Å². The molecule has 0 saturated heterocycles. The average molecular weight is 399 g/mol. The summed E-state index contributed by atoms with van der Waals surface area (Å²) in [5.41, 5.74) is 5.85. The maximum atomic E-state index is 12.9. The predicted octanol–water partition coefficient (Wildman–Crippen LogP) is 5.77. The smallest absolute Gasteiger partial charge is 0.251 e. The van der Waals surface area contributed by atoms with E-state index in [9.17, 15) is 4.79 Å². The van der Waals surface area contributed by atoms with Crippen LogP contribution < -0.4 is 10.2 Å². The lowest BCUT2D eigenvalue weighted by atomic mass is 9.96. The van der Waals surface area contributed by atoms with E-state index in [1.54, 1.807) is 0 Å². The number of nitrogens with zero attached hydrogens (tertiary/aromatic N) is 1. The fraction of sp³-hybridized carbons (Fsp3) is 0.296. The predicted molar refractivity (Wildman–Crippen MR) is 124 cm³/mol. The molecule has 30 heavy (non-hydrogen) atoms. The first kappa shape index (κ1) is 20.2. The molecular formula is C27H30N2O. The van der Waals surface area contributed by atoms with Gasteiger partial charge < -0.3 is 10.2 Å². The van der Waals surface area contributed by atoms with Gasteiger partial charge in [-0.3, -0.25) is 4.79 Å². The number of carbonyl (C=O) groups excluding carboxylic acids is 1. The zero-order valence-corrected chi connectivity index (χ0v) is 17.8. The molecule has 1 atom stereocenters. The zero-order valence-electron chi connectivity index (χ0n) is 17.8. The second kappa shape index (κ2) is 9.17. The summed E-state index contributed by atoms with van der Waals surface area (Å²) < 4.78 is 0. The van der Waals surface area contributed by atoms with Gasteiger partial charge in [0.1, 0.15) is 0 Å². The van der Waals surface area contributed by atoms with Crippen LogP contribution in [0, 0.1) is 5.92 Å². The van der Waals surface area contributed by atoms with Gasteiger partial charge in [-0.2, -0.15) is 0 Å². The zero-order chi connectivity index (χ0) is 20.9. The van der Waals surface area contributed by atoms with Crippen molar-refractivity contribution >= 4 is 11.6 Å². The molecule has 3 nitrogen and oxygen atoms in total. The van der Waals surface area contributed by atoms with Crippen LogP contribution in [0.25, 0.3) is 0 Å². The first-order chi connectivity index (χ1) is 14.6. The largest absolute Gasteiger partial charge is 0.367 e. The summed E-state index contributed by atoms with van der Waals surface area (Å²) in [6, 6.07) is 26.9. The molecule has 1 aliphatic rings. The van der Waals surface area contributed by atoms with Crippen molar-refractivity contribution in [1.82, 2.24) is 5.32 Å². The number of hydrogen-bond acceptors (Lipinski definition) is 2. The summed E-state index contributed by atoms with van der Waals surface area (Å²) in [5.74, 6) is 0.490. The molecule has 1 N–H and O–H groups in total. The van der Waals surface area contributed by atoms with Crippen LogP contribution in [0.2, 0.25) is 0 Å². The van der Waals surface area contributed by atoms with E-state index >= 15 is 0 Å². The molecule has 1 aliphatic heterocycles. The monoisotopic (exact) mass is 398 g/mol. The van der Waals surface area contributed by atoms with Gasteiger partial charge in [0.2, 0.25) is 0 Å². The highest BCUT2D eigenvalue weighted by molar-refractivity contribution is 5.94. The van der Waals surface area contributed by atoms with Crippen LogP contribution in [0.4, 0.5) is 5.69 Å². The van der Waals surface area contributed by atoms with Crippen molar-refractivity contribution in [3.05, 3.63) is 101 Å². The Bertz CT molecular complexity index is 979. The minimum Gasteiger partial charge on any atom is -0.367 e. The van der Waals surface area contributed by atoms with E-state index in [-0.39, 0.29) is 11.9 Å². The highest BCUT2D eigenvalue weighted by atomic mass is 16.1. The molecule has 3 aromatic carbocycles. The van der Waals surface area contributed by atoms with E-state index in [2.05, 4.69) is 72.6 Å². The molecular weight excluding hydrogens is 368 g/mol. The second-order valence-corrected chi connectivity index (χ2v) is 8.56. The Morgan fingerprint density at radius 1 is 0.933 bits per heavy atom. The summed E-state index contributed by atoms with van der Waals surface area (Å²) in [5, 5.41) is 3.24. The molecule has 0 bridgehead atoms. The lowest BCUT2D eigenvalue weighted by Crippen LogP contribution is -2.29. The minimum atomic E-state index is -0.0115. The summed E-state index contributed by atoms with van der Waals surface area (Å²) in [6.07, 6.45) is 2.02. The Kier molecular flexibility index (Phi) is 6.18. The third kappa shape index (κ3) is 4.73. The van der Waals surface area contributed by atoms with Crippen LogP contribution in [0.1, 0.15) is 53.4 Å². The SMILES string of the molecule is CC(C)C[C@H](NC(=O)c1ccc(CN2CCc3ccccc32)cc1)c1ccccc1. The van der Waals surface area contributed by atoms with Crippen LogP contribution in [0.3, 0.4) is 0 Å². The Labute approximate surface area is 179 Å². The maximum Gasteiger partial charge on any atom is 0.251 e. The number of fused-ring (bicyclic) bond motifs is 1. The van der Waals surface area contributed by atoms with Gasteiger partial charge in [0.25, 0.3) is 5.91 Å². The van der Waals surface area contributed by atoms with E-state index in [4.69, 9.17) is 0 Å². The van der Waals surface area contributed by atoms with Gasteiger partial charge >= 0.3 is 0 Å². The number of carbonyl (C=O) groups is 1. The van der Waals surface area contributed by atoms with E-state index in [0.29, 0.717) is 11.5 Å². The first-order valence-electron chi connectivity index (χ1n) is 10.9. The Hall–Kier alpha value is -3.07. The molecule has 0 fully saturated rings. The normalized spacial score (nSPS) is 13.9. The molecule has 0 saturated carbocycles. The van der Waals surface area contributed by atoms with Crippen molar-refractivity contribution in [3.8, 4) is 0 Å². The van der Waals surface area contributed by atoms with Crippen LogP contribution in [-0.4, -0.2) is 12.5 Å². The molecule has 0 aromatic heterocycles. The van der Waals surface area contributed by atoms with Gasteiger partial charge in [-0.25, -0.2) is 0 Å². The van der Waals surface area contributed by atoms with E-state index in [0.717, 1.165) is 31.5 Å². The third-order valence-corrected chi connectivity index (χ3v) is 5.79. The summed E-state index contributed by atoms with van der Waals surface area (Å²) >= 11 is 0. The maximum absolute atomic E-state index is 12.9. The van der Waals surface area contributed by atoms with Crippen molar-refractivity contribution in [2.75, 3.05) is 11.4 Å². The van der Waals surface area contributed by atoms with Crippen molar-refractivity contribution in [2.45, 2.75) is 39.3 Å². The lowest BCUT2D eigenvalue weighted by Gasteiger charge is -2.22. The second-order valence-electron chi connectivity index (χ2n) is 8.56. The number of para-hydroxylation sites is 1. The van der Waals surface area contributed by atoms with Crippen LogP contribution >= 0.6 is 0 Å². The lowest BCUT2D eigenvalue weighted by molar-refractivity contribution is 0.0932. The summed E-state index contributed by atoms with van der Waals surface area (Å²) in [4.78, 5) is 15.3. The standard InChI is InChI=1S/C27H30N2O/c1-20(2)18-25(22-8-4-3-5-9-22)28-27(30)24-14-12-21(13-15-24)19-29-17-16-23-10-6-7-11-26(23)29/h3-15,20,25H,16-19H2,1-2H3,(H,28,30)/t25-/m0/s1. The van der Waals surface area contributed by atoms with Crippen molar-refractivity contribution in [1.29, 1.82) is 0 Å². The van der Waals surface area contributed by atoms with Crippen LogP contribution in [-0.2, 0) is 13.0 Å². The average Bonchev–Trinajstić information content (AvgIpc) is 3.17. The molecule has 154 valence electrons. The molecule has 0 unspecified atom stereocenters. The highest BCUT2D eigenvalue weighted by Gasteiger charge is 2.19. The summed E-state index contributed by atoms with van der Waals surface area (Å²) in [6.45, 7) is 6.30. The Morgan fingerprint density at radius 3 is 2.37 bits per heavy atom. The fourth-order valence-electron chi connectivity index (χ4n) is 4.23. The van der Waals surface area contributed by atoms with Crippen molar-refractivity contribution < 1.29 is 4.79 Å². The quantitative estimate of drug-likeness (QED) is 0.548. The molecule has 1 heterocycles. The Balaban J connectivity index is 1.42. The number of amides is 1. The number of nitrogens with one attached hydrogen (secondary N) is 1. The van der Waals surface area contributed by atoms with Crippen LogP contribution in [0.15, 0.2) is 78.9 Å². The van der Waals surface area contributed by atoms with Crippen molar-refractivity contribution in [3.63, 3.8) is 0 Å². The van der Waals surface area contributed by atoms with Crippen molar-refractivity contribution in [2.24, 2.45) is 5.92 Å². The topological polar surface area (TPSA) is 32.3 Å². The molecule has 3 aromatic rings. The van der Waals surface area contributed by atoms with E-state index in [1.165, 1.54) is 16.8 Å². The molecule has 4 rings (SSSR count). The van der Waals surface area contributed by atoms with Gasteiger partial charge in [0, 0.05) is 24.3 Å². The Morgan fingerprint density at radius 2 is 1.63 bits per heavy atom. The van der Waals surface area contributed by atoms with Gasteiger partial charge in [-0.1, -0.05) is 74.5 Å². The third-order valence-electron chi connectivity index (χ3n) is 5.79. The molecule has 0 aliphatic carbocycles. The number of hydrogen-bond donors (Lipinski definition) is 1. The summed E-state index contributed by atoms with van der Waals surface area (Å²) in [7, 11) is 0. The molecule has 3 heteroatoms. The van der Waals surface area contributed by atoms with Gasteiger partial charge in [0.15, 0.2) is 0 Å². The van der Waals surface area contributed by atoms with E-state index in [1.807, 2.05) is 30.3 Å².